The van der Waals surface area contributed by atoms with Crippen molar-refractivity contribution < 1.29 is 24.6 Å². The van der Waals surface area contributed by atoms with Crippen molar-refractivity contribution in [1.29, 1.82) is 0 Å². The van der Waals surface area contributed by atoms with Crippen LogP contribution in [0.5, 0.6) is 0 Å². The maximum absolute atomic E-state index is 12.5. The van der Waals surface area contributed by atoms with Crippen LogP contribution in [0.2, 0.25) is 0 Å². The van der Waals surface area contributed by atoms with E-state index in [0.29, 0.717) is 17.0 Å². The fraction of sp³-hybridized carbons (Fsp3) is 0.500. The van der Waals surface area contributed by atoms with E-state index in [1.54, 1.807) is 19.1 Å². The Morgan fingerprint density at radius 3 is 2.50 bits per heavy atom. The number of nitrogens with two attached hydrogens (primary N) is 2. The van der Waals surface area contributed by atoms with Crippen molar-refractivity contribution >= 4 is 29.5 Å². The van der Waals surface area contributed by atoms with Gasteiger partial charge in [-0.1, -0.05) is 31.2 Å². The first kappa shape index (κ1) is 22.8. The fourth-order valence-corrected chi connectivity index (χ4v) is 6.48. The quantitative estimate of drug-likeness (QED) is 0.367. The molecule has 3 aliphatic heterocycles. The lowest BCUT2D eigenvalue weighted by atomic mass is 9.79. The maximum Gasteiger partial charge on any atom is 0.353 e. The number of aliphatic hydroxyl groups excluding tert-OH is 1. The van der Waals surface area contributed by atoms with Gasteiger partial charge in [0, 0.05) is 28.7 Å². The molecule has 1 unspecified atom stereocenters. The van der Waals surface area contributed by atoms with Gasteiger partial charge in [0.1, 0.15) is 11.7 Å². The van der Waals surface area contributed by atoms with Gasteiger partial charge in [0.15, 0.2) is 0 Å². The highest BCUT2D eigenvalue weighted by Crippen LogP contribution is 2.52. The molecule has 4 rings (SSSR count). The van der Waals surface area contributed by atoms with Gasteiger partial charge >= 0.3 is 5.97 Å². The molecule has 2 amide bonds. The molecule has 3 aliphatic rings. The van der Waals surface area contributed by atoms with Gasteiger partial charge in [-0.25, -0.2) is 4.79 Å². The summed E-state index contributed by atoms with van der Waals surface area (Å²) in [7, 11) is 0. The molecular formula is C22H28N4O5S. The third-order valence-corrected chi connectivity index (χ3v) is 8.21. The molecule has 32 heavy (non-hydrogen) atoms. The van der Waals surface area contributed by atoms with Crippen molar-refractivity contribution in [3.8, 4) is 0 Å². The van der Waals surface area contributed by atoms with Gasteiger partial charge in [-0.15, -0.1) is 11.8 Å². The Labute approximate surface area is 190 Å². The molecular weight excluding hydrogens is 432 g/mol. The smallest absolute Gasteiger partial charge is 0.353 e. The van der Waals surface area contributed by atoms with E-state index in [0.717, 1.165) is 12.0 Å². The Balaban J connectivity index is 1.47. The molecule has 9 nitrogen and oxygen atoms in total. The van der Waals surface area contributed by atoms with Gasteiger partial charge in [-0.2, -0.15) is 0 Å². The molecule has 0 bridgehead atoms. The van der Waals surface area contributed by atoms with Crippen LogP contribution in [0.25, 0.3) is 0 Å². The van der Waals surface area contributed by atoms with Crippen molar-refractivity contribution in [3.05, 3.63) is 46.0 Å². The Morgan fingerprint density at radius 1 is 1.28 bits per heavy atom. The SMILES string of the molecule is C[C@@H](O)[C@H]1C(=O)N2C(C(=O)O)=C(S[C@@H]3CN[C@@H](c4ccc(C(N)C(N)=O)cc4)C3)[C@H](C)[C@H]12. The first-order valence-electron chi connectivity index (χ1n) is 10.6. The molecule has 2 fully saturated rings. The molecule has 7 N–H and O–H groups in total. The molecule has 2 saturated heterocycles. The lowest BCUT2D eigenvalue weighted by Gasteiger charge is -2.46. The normalized spacial score (nSPS) is 31.3. The van der Waals surface area contributed by atoms with Gasteiger partial charge in [0.25, 0.3) is 0 Å². The topological polar surface area (TPSA) is 159 Å². The van der Waals surface area contributed by atoms with Crippen LogP contribution in [0.15, 0.2) is 34.9 Å². The van der Waals surface area contributed by atoms with Crippen LogP contribution in [-0.4, -0.2) is 56.8 Å². The fourth-order valence-electron chi connectivity index (χ4n) is 5.01. The number of β-lactam (4-membered cyclic amide) rings is 1. The lowest BCUT2D eigenvalue weighted by molar-refractivity contribution is -0.163. The largest absolute Gasteiger partial charge is 0.477 e. The number of fused-ring (bicyclic) bond motifs is 1. The predicted octanol–water partition coefficient (Wildman–Crippen LogP) is 0.462. The van der Waals surface area contributed by atoms with E-state index in [9.17, 15) is 24.6 Å². The zero-order valence-electron chi connectivity index (χ0n) is 17.9. The Bertz CT molecular complexity index is 979. The van der Waals surface area contributed by atoms with E-state index in [1.807, 2.05) is 19.1 Å². The number of aliphatic hydroxyl groups is 1. The summed E-state index contributed by atoms with van der Waals surface area (Å²) in [5.41, 5.74) is 12.8. The number of hydrogen-bond donors (Lipinski definition) is 5. The van der Waals surface area contributed by atoms with Crippen LogP contribution in [0.4, 0.5) is 0 Å². The number of benzene rings is 1. The van der Waals surface area contributed by atoms with Crippen LogP contribution in [0.3, 0.4) is 0 Å². The van der Waals surface area contributed by atoms with Gasteiger partial charge in [-0.05, 0) is 24.5 Å². The minimum absolute atomic E-state index is 0.0580. The summed E-state index contributed by atoms with van der Waals surface area (Å²) in [5, 5.41) is 23.4. The van der Waals surface area contributed by atoms with Crippen LogP contribution in [0.1, 0.15) is 43.5 Å². The lowest BCUT2D eigenvalue weighted by Crippen LogP contribution is -2.63. The number of carbonyl (C=O) groups is 3. The second kappa shape index (κ2) is 8.51. The molecule has 7 atom stereocenters. The Hall–Kier alpha value is -2.40. The minimum Gasteiger partial charge on any atom is -0.477 e. The summed E-state index contributed by atoms with van der Waals surface area (Å²) in [6, 6.07) is 6.37. The Kier molecular flexibility index (Phi) is 6.06. The van der Waals surface area contributed by atoms with Crippen molar-refractivity contribution in [2.75, 3.05) is 6.54 Å². The summed E-state index contributed by atoms with van der Waals surface area (Å²) in [6.45, 7) is 4.20. The van der Waals surface area contributed by atoms with Gasteiger partial charge < -0.3 is 31.9 Å². The van der Waals surface area contributed by atoms with Crippen molar-refractivity contribution in [1.82, 2.24) is 10.2 Å². The highest BCUT2D eigenvalue weighted by atomic mass is 32.2. The summed E-state index contributed by atoms with van der Waals surface area (Å²) >= 11 is 1.51. The van der Waals surface area contributed by atoms with Crippen molar-refractivity contribution in [2.45, 2.75) is 49.7 Å². The first-order chi connectivity index (χ1) is 15.1. The number of carbonyl (C=O) groups excluding carboxylic acids is 2. The van der Waals surface area contributed by atoms with E-state index in [2.05, 4.69) is 5.32 Å². The maximum atomic E-state index is 12.5. The van der Waals surface area contributed by atoms with E-state index in [1.165, 1.54) is 16.7 Å². The molecule has 0 saturated carbocycles. The second-order valence-corrected chi connectivity index (χ2v) is 10.1. The molecule has 3 heterocycles. The van der Waals surface area contributed by atoms with E-state index in [4.69, 9.17) is 11.5 Å². The number of thioether (sulfide) groups is 1. The molecule has 172 valence electrons. The van der Waals surface area contributed by atoms with Crippen LogP contribution in [-0.2, 0) is 14.4 Å². The van der Waals surface area contributed by atoms with Crippen LogP contribution < -0.4 is 16.8 Å². The molecule has 0 aliphatic carbocycles. The Morgan fingerprint density at radius 2 is 1.94 bits per heavy atom. The zero-order chi connectivity index (χ0) is 23.3. The number of aliphatic carboxylic acids is 1. The highest BCUT2D eigenvalue weighted by molar-refractivity contribution is 8.03. The zero-order valence-corrected chi connectivity index (χ0v) is 18.7. The number of primary amides is 1. The molecule has 0 radical (unpaired) electrons. The average molecular weight is 461 g/mol. The number of carboxylic acid groups (broad SMARTS) is 1. The van der Waals surface area contributed by atoms with Crippen LogP contribution >= 0.6 is 11.8 Å². The van der Waals surface area contributed by atoms with Gasteiger partial charge in [0.2, 0.25) is 11.8 Å². The summed E-state index contributed by atoms with van der Waals surface area (Å²) in [4.78, 5) is 37.8. The molecule has 1 aromatic rings. The number of hydrogen-bond acceptors (Lipinski definition) is 7. The highest BCUT2D eigenvalue weighted by Gasteiger charge is 2.60. The molecule has 0 spiro atoms. The van der Waals surface area contributed by atoms with Gasteiger partial charge in [-0.3, -0.25) is 9.59 Å². The number of nitrogens with one attached hydrogen (secondary N) is 1. The summed E-state index contributed by atoms with van der Waals surface area (Å²) in [5.74, 6) is -2.71. The molecule has 0 aromatic heterocycles. The van der Waals surface area contributed by atoms with E-state index >= 15 is 0 Å². The first-order valence-corrected chi connectivity index (χ1v) is 11.5. The standard InChI is InChI=1S/C22H28N4O5S/c1-9-17-15(10(2)27)21(29)26(17)18(22(30)31)19(9)32-13-7-14(25-8-13)11-3-5-12(6-4-11)16(23)20(24)28/h3-6,9-10,13-17,25,27H,7-8,23H2,1-2H3,(H2,24,28)(H,30,31)/t9-,10-,13+,14-,15-,16?,17-/m1/s1. The van der Waals surface area contributed by atoms with Crippen molar-refractivity contribution in [3.63, 3.8) is 0 Å². The molecule has 1 aromatic carbocycles. The number of rotatable bonds is 7. The third kappa shape index (κ3) is 3.71. The second-order valence-electron chi connectivity index (χ2n) is 8.76. The molecule has 10 heteroatoms. The van der Waals surface area contributed by atoms with E-state index in [-0.39, 0.29) is 34.9 Å². The predicted molar refractivity (Wildman–Crippen MR) is 119 cm³/mol. The number of carboxylic acids is 1. The minimum atomic E-state index is -1.11. The monoisotopic (exact) mass is 460 g/mol. The number of nitrogens with zero attached hydrogens (tertiary/aromatic N) is 1. The van der Waals surface area contributed by atoms with Crippen LogP contribution in [0, 0.1) is 11.8 Å². The van der Waals surface area contributed by atoms with E-state index < -0.39 is 29.9 Å². The van der Waals surface area contributed by atoms with Gasteiger partial charge in [0.05, 0.1) is 18.1 Å². The average Bonchev–Trinajstić information content (AvgIpc) is 3.29. The number of amides is 2. The third-order valence-electron chi connectivity index (χ3n) is 6.70. The summed E-state index contributed by atoms with van der Waals surface area (Å²) in [6.07, 6.45) is -0.0261. The summed E-state index contributed by atoms with van der Waals surface area (Å²) < 4.78 is 0. The van der Waals surface area contributed by atoms with Crippen molar-refractivity contribution in [2.24, 2.45) is 23.3 Å².